The monoisotopic (exact) mass is 761 g/mol. The second-order valence-corrected chi connectivity index (χ2v) is 13.9. The summed E-state index contributed by atoms with van der Waals surface area (Å²) in [6.45, 7) is 6.25. The molecule has 1 amide bonds. The molecule has 56 heavy (non-hydrogen) atoms. The van der Waals surface area contributed by atoms with Crippen molar-refractivity contribution in [3.05, 3.63) is 114 Å². The van der Waals surface area contributed by atoms with Crippen LogP contribution in [0.4, 0.5) is 36.2 Å². The lowest BCUT2D eigenvalue weighted by Gasteiger charge is -2.43. The van der Waals surface area contributed by atoms with Gasteiger partial charge in [0.2, 0.25) is 5.95 Å². The zero-order chi connectivity index (χ0) is 38.4. The summed E-state index contributed by atoms with van der Waals surface area (Å²) in [5.74, 6) is -0.860. The van der Waals surface area contributed by atoms with Crippen LogP contribution < -0.4 is 20.3 Å². The van der Waals surface area contributed by atoms with Crippen LogP contribution in [0.5, 0.6) is 5.75 Å². The van der Waals surface area contributed by atoms with Crippen LogP contribution in [0.2, 0.25) is 0 Å². The summed E-state index contributed by atoms with van der Waals surface area (Å²) in [7, 11) is 0. The molecule has 4 bridgehead atoms. The molecule has 3 aliphatic heterocycles. The highest BCUT2D eigenvalue weighted by atomic mass is 19.1. The summed E-state index contributed by atoms with van der Waals surface area (Å²) < 4.78 is 47.7. The molecule has 0 radical (unpaired) electrons. The first-order chi connectivity index (χ1) is 27.4. The minimum absolute atomic E-state index is 0.191. The molecule has 0 saturated carbocycles. The maximum Gasteiger partial charge on any atom is 0.255 e. The molecule has 3 aromatic carbocycles. The highest BCUT2D eigenvalue weighted by molar-refractivity contribution is 6.05. The number of hydrogen-bond donors (Lipinski definition) is 3. The van der Waals surface area contributed by atoms with Gasteiger partial charge in [-0.2, -0.15) is 0 Å². The lowest BCUT2D eigenvalue weighted by Crippen LogP contribution is -2.53. The highest BCUT2D eigenvalue weighted by Crippen LogP contribution is 2.35. The number of likely N-dealkylation sites (tertiary alicyclic amines) is 1. The number of amides is 1. The molecule has 8 rings (SSSR count). The molecule has 0 unspecified atom stereocenters. The molecule has 5 aromatic rings. The van der Waals surface area contributed by atoms with E-state index in [2.05, 4.69) is 47.4 Å². The van der Waals surface area contributed by atoms with Crippen molar-refractivity contribution in [1.82, 2.24) is 29.7 Å². The number of rotatable bonds is 7. The van der Waals surface area contributed by atoms with Crippen LogP contribution in [0.15, 0.2) is 91.2 Å². The highest BCUT2D eigenvalue weighted by Gasteiger charge is 2.28. The SMILES string of the molecule is O=C(Nc1c(F)cccc1F)c1cccc(-c2nc3[nH]c2-c2ccnc(n2)Nc2ccc(N4CCN(C5CCN(CCF)CC5)CC4)cc2OC/C=C/C=C\3)c1. The Hall–Kier alpha value is -5.99. The van der Waals surface area contributed by atoms with Crippen LogP contribution in [-0.4, -0.2) is 101 Å². The number of benzene rings is 3. The third-order valence-corrected chi connectivity index (χ3v) is 10.4. The number of nitrogens with one attached hydrogen (secondary N) is 3. The summed E-state index contributed by atoms with van der Waals surface area (Å²) >= 11 is 0. The average molecular weight is 762 g/mol. The molecule has 288 valence electrons. The lowest BCUT2D eigenvalue weighted by molar-refractivity contribution is 0.0998. The second kappa shape index (κ2) is 16.8. The maximum atomic E-state index is 14.3. The predicted octanol–water partition coefficient (Wildman–Crippen LogP) is 7.33. The van der Waals surface area contributed by atoms with E-state index in [1.807, 2.05) is 30.4 Å². The number of allylic oxidation sites excluding steroid dienone is 2. The number of piperazine rings is 1. The average Bonchev–Trinajstić information content (AvgIpc) is 3.66. The van der Waals surface area contributed by atoms with Crippen molar-refractivity contribution in [3.63, 3.8) is 0 Å². The van der Waals surface area contributed by atoms with Gasteiger partial charge < -0.3 is 30.2 Å². The maximum absolute atomic E-state index is 14.3. The summed E-state index contributed by atoms with van der Waals surface area (Å²) in [5.41, 5.74) is 3.70. The molecular weight excluding hydrogens is 720 g/mol. The fourth-order valence-electron chi connectivity index (χ4n) is 7.48. The Kier molecular flexibility index (Phi) is 11.1. The van der Waals surface area contributed by atoms with Crippen LogP contribution in [0.3, 0.4) is 0 Å². The summed E-state index contributed by atoms with van der Waals surface area (Å²) in [4.78, 5) is 37.9. The Morgan fingerprint density at radius 1 is 0.911 bits per heavy atom. The minimum Gasteiger partial charge on any atom is -0.487 e. The Labute approximate surface area is 322 Å². The second-order valence-electron chi connectivity index (χ2n) is 13.9. The first kappa shape index (κ1) is 37.0. The van der Waals surface area contributed by atoms with Gasteiger partial charge in [0.25, 0.3) is 5.91 Å². The number of nitrogens with zero attached hydrogens (tertiary/aromatic N) is 6. The number of carbonyl (C=O) groups is 1. The first-order valence-corrected chi connectivity index (χ1v) is 18.9. The smallest absolute Gasteiger partial charge is 0.255 e. The first-order valence-electron chi connectivity index (χ1n) is 18.9. The number of H-pyrrole nitrogens is 1. The van der Waals surface area contributed by atoms with Crippen molar-refractivity contribution >= 4 is 35.0 Å². The molecule has 0 aliphatic carbocycles. The Morgan fingerprint density at radius 3 is 2.52 bits per heavy atom. The Morgan fingerprint density at radius 2 is 1.71 bits per heavy atom. The zero-order valence-corrected chi connectivity index (χ0v) is 30.7. The number of imidazole rings is 1. The molecule has 0 spiro atoms. The third-order valence-electron chi connectivity index (χ3n) is 10.4. The molecule has 3 aliphatic rings. The number of anilines is 4. The number of halogens is 3. The number of aromatic amines is 1. The molecule has 14 heteroatoms. The van der Waals surface area contributed by atoms with Crippen molar-refractivity contribution in [2.24, 2.45) is 0 Å². The number of piperidine rings is 1. The van der Waals surface area contributed by atoms with E-state index in [0.29, 0.717) is 65.0 Å². The number of hydrogen-bond acceptors (Lipinski definition) is 9. The van der Waals surface area contributed by atoms with Gasteiger partial charge in [0.1, 0.15) is 42.2 Å². The molecular formula is C42H42F3N9O2. The van der Waals surface area contributed by atoms with Crippen molar-refractivity contribution in [1.29, 1.82) is 0 Å². The molecule has 11 nitrogen and oxygen atoms in total. The van der Waals surface area contributed by atoms with Gasteiger partial charge >= 0.3 is 0 Å². The number of alkyl halides is 1. The van der Waals surface area contributed by atoms with Gasteiger partial charge in [-0.3, -0.25) is 9.69 Å². The largest absolute Gasteiger partial charge is 0.487 e. The normalized spacial score (nSPS) is 17.8. The fraction of sp³-hybridized carbons (Fsp3) is 0.286. The van der Waals surface area contributed by atoms with Crippen molar-refractivity contribution < 1.29 is 22.7 Å². The molecule has 3 N–H and O–H groups in total. The summed E-state index contributed by atoms with van der Waals surface area (Å²) in [5, 5.41) is 5.70. The van der Waals surface area contributed by atoms with E-state index < -0.39 is 23.2 Å². The van der Waals surface area contributed by atoms with E-state index in [0.717, 1.165) is 69.9 Å². The van der Waals surface area contributed by atoms with E-state index in [4.69, 9.17) is 14.7 Å². The van der Waals surface area contributed by atoms with Gasteiger partial charge in [-0.15, -0.1) is 0 Å². The van der Waals surface area contributed by atoms with Gasteiger partial charge in [-0.05, 0) is 80.5 Å². The molecule has 2 fully saturated rings. The standard InChI is InChI=1S/C42H42F3N9O2/c43-16-20-52-18-14-30(15-19-52)53-21-23-54(24-22-53)31-11-12-34-36(27-31)56-25-3-1-2-10-37-49-38(40(50-37)35-13-17-46-42(47-34)48-35)28-6-4-7-29(26-28)41(55)51-39-32(44)8-5-9-33(39)45/h1-13,17,26-27,30H,14-16,18-25H2,(H,49,50)(H,51,55)(H,46,47,48)/b3-1+,10-2-. The quantitative estimate of drug-likeness (QED) is 0.157. The van der Waals surface area contributed by atoms with E-state index >= 15 is 0 Å². The zero-order valence-electron chi connectivity index (χ0n) is 30.7. The lowest BCUT2D eigenvalue weighted by atomic mass is 10.0. The number of aromatic nitrogens is 4. The van der Waals surface area contributed by atoms with Gasteiger partial charge in [-0.25, -0.2) is 28.1 Å². The van der Waals surface area contributed by atoms with Gasteiger partial charge in [0.05, 0.1) is 22.8 Å². The number of carbonyl (C=O) groups excluding carboxylic acids is 1. The van der Waals surface area contributed by atoms with E-state index in [1.54, 1.807) is 36.5 Å². The predicted molar refractivity (Wildman–Crippen MR) is 212 cm³/mol. The number of ether oxygens (including phenoxy) is 1. The van der Waals surface area contributed by atoms with Crippen LogP contribution in [-0.2, 0) is 0 Å². The number of para-hydroxylation sites is 1. The van der Waals surface area contributed by atoms with E-state index in [-0.39, 0.29) is 12.2 Å². The van der Waals surface area contributed by atoms with Gasteiger partial charge in [0.15, 0.2) is 0 Å². The van der Waals surface area contributed by atoms with E-state index in [1.165, 1.54) is 6.07 Å². The van der Waals surface area contributed by atoms with Crippen molar-refractivity contribution in [2.45, 2.75) is 18.9 Å². The molecule has 5 heterocycles. The Bertz CT molecular complexity index is 2220. The van der Waals surface area contributed by atoms with Crippen LogP contribution in [0.1, 0.15) is 29.0 Å². The third kappa shape index (κ3) is 8.31. The van der Waals surface area contributed by atoms with Crippen molar-refractivity contribution in [2.75, 3.05) is 74.6 Å². The summed E-state index contributed by atoms with van der Waals surface area (Å²) in [6.07, 6.45) is 11.3. The van der Waals surface area contributed by atoms with Gasteiger partial charge in [-0.1, -0.05) is 30.4 Å². The summed E-state index contributed by atoms with van der Waals surface area (Å²) in [6, 6.07) is 18.5. The molecule has 2 aromatic heterocycles. The number of fused-ring (bicyclic) bond motifs is 6. The molecule has 2 saturated heterocycles. The van der Waals surface area contributed by atoms with Gasteiger partial charge in [0, 0.05) is 67.8 Å². The van der Waals surface area contributed by atoms with Crippen LogP contribution in [0.25, 0.3) is 28.7 Å². The fourth-order valence-corrected chi connectivity index (χ4v) is 7.48. The molecule has 0 atom stereocenters. The van der Waals surface area contributed by atoms with Crippen LogP contribution >= 0.6 is 0 Å². The van der Waals surface area contributed by atoms with Crippen molar-refractivity contribution in [3.8, 4) is 28.4 Å². The van der Waals surface area contributed by atoms with E-state index in [9.17, 15) is 18.0 Å². The van der Waals surface area contributed by atoms with Crippen LogP contribution in [0, 0.1) is 11.6 Å². The minimum atomic E-state index is -0.869. The topological polar surface area (TPSA) is 115 Å². The Balaban J connectivity index is 1.02.